The number of rotatable bonds is 10. The maximum atomic E-state index is 13.1. The number of aromatic nitrogens is 3. The van der Waals surface area contributed by atoms with Crippen LogP contribution in [0.3, 0.4) is 0 Å². The normalized spacial score (nSPS) is 11.2. The number of nitrogens with zero attached hydrogens (tertiary/aromatic N) is 3. The average Bonchev–Trinajstić information content (AvgIpc) is 3.67. The summed E-state index contributed by atoms with van der Waals surface area (Å²) >= 11 is 3.49. The van der Waals surface area contributed by atoms with Gasteiger partial charge in [-0.1, -0.05) is 28.1 Å². The summed E-state index contributed by atoms with van der Waals surface area (Å²) in [5.74, 6) is 1.20. The van der Waals surface area contributed by atoms with E-state index in [2.05, 4.69) is 21.2 Å². The molecule has 6 rings (SSSR count). The number of fused-ring (bicyclic) bond motifs is 2. The van der Waals surface area contributed by atoms with E-state index in [9.17, 15) is 9.59 Å². The van der Waals surface area contributed by atoms with E-state index >= 15 is 0 Å². The summed E-state index contributed by atoms with van der Waals surface area (Å²) in [4.78, 5) is 34.0. The Balaban J connectivity index is 1.47. The van der Waals surface area contributed by atoms with Crippen LogP contribution >= 0.6 is 15.9 Å². The molecule has 0 saturated carbocycles. The number of hydrogen-bond acceptors (Lipinski definition) is 7. The van der Waals surface area contributed by atoms with Crippen LogP contribution in [0, 0.1) is 0 Å². The van der Waals surface area contributed by atoms with E-state index < -0.39 is 5.97 Å². The number of ether oxygens (including phenoxy) is 1. The third-order valence-corrected chi connectivity index (χ3v) is 7.45. The van der Waals surface area contributed by atoms with E-state index in [1.165, 1.54) is 0 Å². The highest BCUT2D eigenvalue weighted by molar-refractivity contribution is 9.10. The van der Waals surface area contributed by atoms with Crippen LogP contribution in [-0.4, -0.2) is 38.5 Å². The number of carboxylic acids is 1. The van der Waals surface area contributed by atoms with Gasteiger partial charge in [0.1, 0.15) is 17.3 Å². The van der Waals surface area contributed by atoms with E-state index in [-0.39, 0.29) is 18.6 Å². The zero-order chi connectivity index (χ0) is 29.2. The van der Waals surface area contributed by atoms with Gasteiger partial charge in [0, 0.05) is 45.5 Å². The molecule has 3 aromatic carbocycles. The fourth-order valence-electron chi connectivity index (χ4n) is 4.83. The van der Waals surface area contributed by atoms with Gasteiger partial charge in [-0.25, -0.2) is 4.98 Å². The van der Waals surface area contributed by atoms with E-state index in [0.717, 1.165) is 38.0 Å². The molecule has 0 aliphatic carbocycles. The number of furan rings is 1. The number of nitrogens with one attached hydrogen (secondary N) is 1. The fraction of sp³-hybridized carbons (Fsp3) is 0.125. The van der Waals surface area contributed by atoms with Crippen LogP contribution in [0.25, 0.3) is 39.1 Å². The predicted octanol–water partition coefficient (Wildman–Crippen LogP) is 7.26. The molecule has 0 aliphatic rings. The fourth-order valence-corrected chi connectivity index (χ4v) is 5.19. The molecule has 0 bridgehead atoms. The number of carbonyl (C=O) groups excluding carboxylic acids is 1. The van der Waals surface area contributed by atoms with E-state index in [4.69, 9.17) is 24.2 Å². The van der Waals surface area contributed by atoms with Crippen molar-refractivity contribution in [3.05, 3.63) is 101 Å². The number of halogens is 1. The summed E-state index contributed by atoms with van der Waals surface area (Å²) in [5.41, 5.74) is 3.76. The van der Waals surface area contributed by atoms with Crippen molar-refractivity contribution in [3.63, 3.8) is 0 Å². The van der Waals surface area contributed by atoms with Crippen molar-refractivity contribution in [2.45, 2.75) is 19.4 Å². The Morgan fingerprint density at radius 2 is 1.83 bits per heavy atom. The molecule has 0 radical (unpaired) electrons. The van der Waals surface area contributed by atoms with Crippen LogP contribution in [0.5, 0.6) is 5.75 Å². The second kappa shape index (κ2) is 11.5. The molecule has 0 atom stereocenters. The number of Topliss-reactive ketones (excluding diaryl/α,β-unsaturated/α-hetero) is 1. The van der Waals surface area contributed by atoms with E-state index in [1.54, 1.807) is 24.1 Å². The Bertz CT molecular complexity index is 1930. The maximum Gasteiger partial charge on any atom is 0.303 e. The number of hydrogen-bond donors (Lipinski definition) is 2. The van der Waals surface area contributed by atoms with Crippen molar-refractivity contribution >= 4 is 55.3 Å². The number of aliphatic carboxylic acids is 1. The highest BCUT2D eigenvalue weighted by atomic mass is 79.9. The number of carboxylic acid groups (broad SMARTS) is 1. The van der Waals surface area contributed by atoms with Gasteiger partial charge in [0.25, 0.3) is 0 Å². The van der Waals surface area contributed by atoms with Crippen LogP contribution in [0.1, 0.15) is 28.8 Å². The lowest BCUT2D eigenvalue weighted by atomic mass is 10.1. The highest BCUT2D eigenvalue weighted by Gasteiger charge is 2.20. The van der Waals surface area contributed by atoms with Crippen molar-refractivity contribution in [2.24, 2.45) is 0 Å². The molecular weight excluding hydrogens is 600 g/mol. The third kappa shape index (κ3) is 5.48. The Labute approximate surface area is 248 Å². The van der Waals surface area contributed by atoms with Crippen molar-refractivity contribution in [2.75, 3.05) is 12.4 Å². The first-order valence-electron chi connectivity index (χ1n) is 13.2. The average molecular weight is 625 g/mol. The van der Waals surface area contributed by atoms with Gasteiger partial charge in [-0.3, -0.25) is 14.2 Å². The second-order valence-corrected chi connectivity index (χ2v) is 10.6. The standard InChI is InChI=1S/C32H25BrN4O5/c1-41-22-8-4-19(5-9-22)17-34-31-24-15-20(29-3-2-14-42-29)6-10-26(24)35-32(36-31)37-18-25(28(38)12-13-30(39)40)23-16-21(33)7-11-27(23)37/h2-11,14-16,18H,12-13,17H2,1H3,(H,39,40)(H,34,35,36). The van der Waals surface area contributed by atoms with E-state index in [1.807, 2.05) is 72.8 Å². The molecular formula is C32H25BrN4O5. The topological polar surface area (TPSA) is 119 Å². The summed E-state index contributed by atoms with van der Waals surface area (Å²) < 4.78 is 13.5. The molecule has 10 heteroatoms. The van der Waals surface area contributed by atoms with Crippen LogP contribution < -0.4 is 10.1 Å². The lowest BCUT2D eigenvalue weighted by Crippen LogP contribution is -2.07. The summed E-state index contributed by atoms with van der Waals surface area (Å²) in [5, 5.41) is 14.1. The molecule has 0 saturated heterocycles. The number of carbonyl (C=O) groups is 2. The smallest absolute Gasteiger partial charge is 0.303 e. The number of methoxy groups -OCH3 is 1. The van der Waals surface area contributed by atoms with Crippen LogP contribution in [0.2, 0.25) is 0 Å². The highest BCUT2D eigenvalue weighted by Crippen LogP contribution is 2.32. The van der Waals surface area contributed by atoms with Gasteiger partial charge in [-0.05, 0) is 66.2 Å². The lowest BCUT2D eigenvalue weighted by Gasteiger charge is -2.13. The largest absolute Gasteiger partial charge is 0.497 e. The predicted molar refractivity (Wildman–Crippen MR) is 163 cm³/mol. The van der Waals surface area contributed by atoms with Crippen LogP contribution in [-0.2, 0) is 11.3 Å². The minimum absolute atomic E-state index is 0.107. The first-order valence-corrected chi connectivity index (χ1v) is 14.0. The Kier molecular flexibility index (Phi) is 7.45. The van der Waals surface area contributed by atoms with Crippen LogP contribution in [0.15, 0.2) is 94.1 Å². The Hall–Kier alpha value is -4.96. The summed E-state index contributed by atoms with van der Waals surface area (Å²) in [6.07, 6.45) is 2.97. The first kappa shape index (κ1) is 27.2. The number of ketones is 1. The minimum atomic E-state index is -1.02. The molecule has 3 aromatic heterocycles. The Morgan fingerprint density at radius 3 is 2.57 bits per heavy atom. The lowest BCUT2D eigenvalue weighted by molar-refractivity contribution is -0.136. The second-order valence-electron chi connectivity index (χ2n) is 9.67. The minimum Gasteiger partial charge on any atom is -0.497 e. The van der Waals surface area contributed by atoms with Crippen molar-refractivity contribution in [1.29, 1.82) is 0 Å². The van der Waals surface area contributed by atoms with Gasteiger partial charge in [0.05, 0.1) is 30.8 Å². The number of anilines is 1. The maximum absolute atomic E-state index is 13.1. The zero-order valence-electron chi connectivity index (χ0n) is 22.5. The van der Waals surface area contributed by atoms with Crippen molar-refractivity contribution in [3.8, 4) is 23.0 Å². The van der Waals surface area contributed by atoms with Gasteiger partial charge in [0.2, 0.25) is 5.95 Å². The van der Waals surface area contributed by atoms with Crippen molar-refractivity contribution < 1.29 is 23.8 Å². The monoisotopic (exact) mass is 624 g/mol. The number of benzene rings is 3. The summed E-state index contributed by atoms with van der Waals surface area (Å²) in [6, 6.07) is 23.0. The Morgan fingerprint density at radius 1 is 1.00 bits per heavy atom. The molecule has 42 heavy (non-hydrogen) atoms. The molecule has 6 aromatic rings. The van der Waals surface area contributed by atoms with Gasteiger partial charge in [-0.2, -0.15) is 4.98 Å². The van der Waals surface area contributed by atoms with E-state index in [0.29, 0.717) is 34.8 Å². The SMILES string of the molecule is COc1ccc(CNc2nc(-n3cc(C(=O)CCC(=O)O)c4cc(Br)ccc43)nc3ccc(-c4ccco4)cc23)cc1. The molecule has 2 N–H and O–H groups in total. The van der Waals surface area contributed by atoms with Gasteiger partial charge < -0.3 is 19.6 Å². The quantitative estimate of drug-likeness (QED) is 0.153. The molecule has 9 nitrogen and oxygen atoms in total. The molecule has 3 heterocycles. The summed E-state index contributed by atoms with van der Waals surface area (Å²) in [6.45, 7) is 0.499. The molecule has 0 aliphatic heterocycles. The first-order chi connectivity index (χ1) is 20.4. The summed E-state index contributed by atoms with van der Waals surface area (Å²) in [7, 11) is 1.63. The molecule has 0 unspecified atom stereocenters. The van der Waals surface area contributed by atoms with Gasteiger partial charge >= 0.3 is 5.97 Å². The zero-order valence-corrected chi connectivity index (χ0v) is 24.1. The molecule has 210 valence electrons. The molecule has 0 amide bonds. The molecule has 0 fully saturated rings. The van der Waals surface area contributed by atoms with Crippen LogP contribution in [0.4, 0.5) is 5.82 Å². The van der Waals surface area contributed by atoms with Gasteiger partial charge in [-0.15, -0.1) is 0 Å². The third-order valence-electron chi connectivity index (χ3n) is 6.96. The molecule has 0 spiro atoms. The van der Waals surface area contributed by atoms with Gasteiger partial charge in [0.15, 0.2) is 5.78 Å². The van der Waals surface area contributed by atoms with Crippen molar-refractivity contribution in [1.82, 2.24) is 14.5 Å².